The van der Waals surface area contributed by atoms with Gasteiger partial charge in [0.25, 0.3) is 11.8 Å². The molecule has 0 aromatic carbocycles. The van der Waals surface area contributed by atoms with E-state index in [4.69, 9.17) is 22.7 Å². The standard InChI is InChI=1S/C19H25N3O3S/c1-12-5-3-7-19(18(20)26,14-6-4-8-21-9-14)17(12)13(2)22-15(23)10-25-11-16(22)24/h4,6,8-9,12-13,17H,3,5,7,10-11H2,1-2H3,(H2,20,26). The van der Waals surface area contributed by atoms with Crippen molar-refractivity contribution >= 4 is 29.0 Å². The Morgan fingerprint density at radius 1 is 1.42 bits per heavy atom. The molecule has 7 heteroatoms. The largest absolute Gasteiger partial charge is 0.393 e. The van der Waals surface area contributed by atoms with Crippen LogP contribution < -0.4 is 5.73 Å². The summed E-state index contributed by atoms with van der Waals surface area (Å²) in [6.45, 7) is 3.95. The Morgan fingerprint density at radius 2 is 2.12 bits per heavy atom. The highest BCUT2D eigenvalue weighted by atomic mass is 32.1. The molecule has 0 radical (unpaired) electrons. The van der Waals surface area contributed by atoms with Gasteiger partial charge in [-0.25, -0.2) is 0 Å². The van der Waals surface area contributed by atoms with Gasteiger partial charge in [-0.3, -0.25) is 19.5 Å². The lowest BCUT2D eigenvalue weighted by molar-refractivity contribution is -0.163. The highest BCUT2D eigenvalue weighted by molar-refractivity contribution is 7.80. The summed E-state index contributed by atoms with van der Waals surface area (Å²) in [5.74, 6) is -0.406. The maximum absolute atomic E-state index is 12.4. The summed E-state index contributed by atoms with van der Waals surface area (Å²) in [4.78, 5) is 30.9. The highest BCUT2D eigenvalue weighted by Crippen LogP contribution is 2.49. The van der Waals surface area contributed by atoms with Gasteiger partial charge in [-0.1, -0.05) is 38.0 Å². The molecular formula is C19H25N3O3S. The van der Waals surface area contributed by atoms with Crippen LogP contribution in [0.25, 0.3) is 0 Å². The number of nitrogens with two attached hydrogens (primary N) is 1. The van der Waals surface area contributed by atoms with Crippen molar-refractivity contribution in [2.24, 2.45) is 17.6 Å². The number of hydrogen-bond acceptors (Lipinski definition) is 5. The summed E-state index contributed by atoms with van der Waals surface area (Å²) < 4.78 is 5.07. The van der Waals surface area contributed by atoms with E-state index in [0.717, 1.165) is 24.8 Å². The molecule has 1 aliphatic carbocycles. The van der Waals surface area contributed by atoms with E-state index in [2.05, 4.69) is 11.9 Å². The van der Waals surface area contributed by atoms with Gasteiger partial charge in [0.1, 0.15) is 13.2 Å². The lowest BCUT2D eigenvalue weighted by atomic mass is 9.56. The average molecular weight is 375 g/mol. The predicted octanol–water partition coefficient (Wildman–Crippen LogP) is 1.82. The second-order valence-electron chi connectivity index (χ2n) is 7.36. The zero-order valence-electron chi connectivity index (χ0n) is 15.2. The summed E-state index contributed by atoms with van der Waals surface area (Å²) >= 11 is 5.56. The topological polar surface area (TPSA) is 85.5 Å². The smallest absolute Gasteiger partial charge is 0.255 e. The predicted molar refractivity (Wildman–Crippen MR) is 101 cm³/mol. The molecule has 1 saturated heterocycles. The lowest BCUT2D eigenvalue weighted by Gasteiger charge is -2.51. The maximum Gasteiger partial charge on any atom is 0.255 e. The van der Waals surface area contributed by atoms with Crippen molar-refractivity contribution < 1.29 is 14.3 Å². The second-order valence-corrected chi connectivity index (χ2v) is 7.80. The average Bonchev–Trinajstić information content (AvgIpc) is 2.61. The minimum Gasteiger partial charge on any atom is -0.393 e. The Kier molecular flexibility index (Phi) is 5.39. The summed E-state index contributed by atoms with van der Waals surface area (Å²) in [5.41, 5.74) is 6.69. The van der Waals surface area contributed by atoms with Crippen LogP contribution in [0.15, 0.2) is 24.5 Å². The Bertz CT molecular complexity index is 695. The third kappa shape index (κ3) is 3.03. The van der Waals surface area contributed by atoms with Crippen molar-refractivity contribution in [2.45, 2.75) is 44.6 Å². The zero-order chi connectivity index (χ0) is 18.9. The number of imide groups is 1. The van der Waals surface area contributed by atoms with Crippen molar-refractivity contribution in [2.75, 3.05) is 13.2 Å². The molecule has 1 saturated carbocycles. The van der Waals surface area contributed by atoms with Crippen LogP contribution in [0.4, 0.5) is 0 Å². The molecule has 2 aliphatic rings. The zero-order valence-corrected chi connectivity index (χ0v) is 16.0. The molecule has 1 aromatic rings. The first-order valence-electron chi connectivity index (χ1n) is 9.02. The molecule has 140 valence electrons. The van der Waals surface area contributed by atoms with Crippen LogP contribution in [-0.2, 0) is 19.7 Å². The molecular weight excluding hydrogens is 350 g/mol. The normalized spacial score (nSPS) is 30.9. The first-order chi connectivity index (χ1) is 12.4. The molecule has 2 fully saturated rings. The monoisotopic (exact) mass is 375 g/mol. The molecule has 26 heavy (non-hydrogen) atoms. The van der Waals surface area contributed by atoms with Gasteiger partial charge in [-0.15, -0.1) is 0 Å². The van der Waals surface area contributed by atoms with Crippen LogP contribution in [0, 0.1) is 11.8 Å². The molecule has 2 heterocycles. The van der Waals surface area contributed by atoms with Crippen LogP contribution >= 0.6 is 12.2 Å². The SMILES string of the molecule is CC1CCCC(C(N)=S)(c2cccnc2)C1C(C)N1C(=O)COCC1=O. The Hall–Kier alpha value is -1.86. The summed E-state index contributed by atoms with van der Waals surface area (Å²) in [6, 6.07) is 3.55. The number of thiocarbonyl (C=S) groups is 1. The van der Waals surface area contributed by atoms with Crippen LogP contribution in [0.2, 0.25) is 0 Å². The fourth-order valence-electron chi connectivity index (χ4n) is 4.93. The number of pyridine rings is 1. The first-order valence-corrected chi connectivity index (χ1v) is 9.43. The summed E-state index contributed by atoms with van der Waals surface area (Å²) in [5, 5.41) is 0. The van der Waals surface area contributed by atoms with Crippen molar-refractivity contribution in [1.82, 2.24) is 9.88 Å². The van der Waals surface area contributed by atoms with Crippen LogP contribution in [0.1, 0.15) is 38.7 Å². The highest BCUT2D eigenvalue weighted by Gasteiger charge is 2.52. The van der Waals surface area contributed by atoms with Gasteiger partial charge in [-0.05, 0) is 36.8 Å². The van der Waals surface area contributed by atoms with Crippen molar-refractivity contribution in [3.8, 4) is 0 Å². The molecule has 2 amide bonds. The number of hydrogen-bond donors (Lipinski definition) is 1. The molecule has 6 nitrogen and oxygen atoms in total. The number of amides is 2. The van der Waals surface area contributed by atoms with Gasteiger partial charge in [0, 0.05) is 18.4 Å². The summed E-state index contributed by atoms with van der Waals surface area (Å²) in [7, 11) is 0. The van der Waals surface area contributed by atoms with Gasteiger partial charge >= 0.3 is 0 Å². The number of carbonyl (C=O) groups is 2. The Labute approximate surface area is 159 Å². The number of carbonyl (C=O) groups excluding carboxylic acids is 2. The van der Waals surface area contributed by atoms with E-state index in [1.165, 1.54) is 4.90 Å². The van der Waals surface area contributed by atoms with Gasteiger partial charge in [-0.2, -0.15) is 0 Å². The van der Waals surface area contributed by atoms with E-state index < -0.39 is 5.41 Å². The van der Waals surface area contributed by atoms with Crippen molar-refractivity contribution in [1.29, 1.82) is 0 Å². The minimum absolute atomic E-state index is 0.0653. The van der Waals surface area contributed by atoms with Crippen LogP contribution in [-0.4, -0.2) is 45.9 Å². The maximum atomic E-state index is 12.4. The second kappa shape index (κ2) is 7.40. The first kappa shape index (κ1) is 18.9. The third-order valence-corrected chi connectivity index (χ3v) is 6.31. The van der Waals surface area contributed by atoms with Gasteiger partial charge < -0.3 is 10.5 Å². The number of rotatable bonds is 4. The van der Waals surface area contributed by atoms with E-state index in [0.29, 0.717) is 4.99 Å². The van der Waals surface area contributed by atoms with E-state index in [-0.39, 0.29) is 42.9 Å². The quantitative estimate of drug-likeness (QED) is 0.638. The molecule has 4 atom stereocenters. The van der Waals surface area contributed by atoms with E-state index in [9.17, 15) is 9.59 Å². The van der Waals surface area contributed by atoms with Crippen molar-refractivity contribution in [3.05, 3.63) is 30.1 Å². The number of aromatic nitrogens is 1. The molecule has 0 spiro atoms. The molecule has 4 unspecified atom stereocenters. The number of morpholine rings is 1. The minimum atomic E-state index is -0.584. The van der Waals surface area contributed by atoms with E-state index in [1.807, 2.05) is 19.1 Å². The third-order valence-electron chi connectivity index (χ3n) is 5.94. The number of nitrogens with zero attached hydrogens (tertiary/aromatic N) is 2. The van der Waals surface area contributed by atoms with Gasteiger partial charge in [0.05, 0.1) is 10.4 Å². The van der Waals surface area contributed by atoms with Crippen molar-refractivity contribution in [3.63, 3.8) is 0 Å². The van der Waals surface area contributed by atoms with Gasteiger partial charge in [0.15, 0.2) is 0 Å². The molecule has 2 N–H and O–H groups in total. The van der Waals surface area contributed by atoms with Gasteiger partial charge in [0.2, 0.25) is 0 Å². The van der Waals surface area contributed by atoms with E-state index >= 15 is 0 Å². The number of ether oxygens (including phenoxy) is 1. The molecule has 1 aromatic heterocycles. The van der Waals surface area contributed by atoms with E-state index in [1.54, 1.807) is 12.4 Å². The Balaban J connectivity index is 2.09. The van der Waals surface area contributed by atoms with Crippen LogP contribution in [0.3, 0.4) is 0 Å². The fourth-order valence-corrected chi connectivity index (χ4v) is 5.29. The lowest BCUT2D eigenvalue weighted by Crippen LogP contribution is -2.61. The Morgan fingerprint density at radius 3 is 2.69 bits per heavy atom. The summed E-state index contributed by atoms with van der Waals surface area (Å²) in [6.07, 6.45) is 6.31. The van der Waals surface area contributed by atoms with Crippen LogP contribution in [0.5, 0.6) is 0 Å². The molecule has 3 rings (SSSR count). The fraction of sp³-hybridized carbons (Fsp3) is 0.579. The molecule has 0 bridgehead atoms. The molecule has 1 aliphatic heterocycles.